The summed E-state index contributed by atoms with van der Waals surface area (Å²) in [4.78, 5) is 0. The van der Waals surface area contributed by atoms with Crippen LogP contribution in [0.15, 0.2) is 24.3 Å². The van der Waals surface area contributed by atoms with E-state index in [1.54, 1.807) is 0 Å². The molecule has 1 aliphatic carbocycles. The molecule has 0 unspecified atom stereocenters. The Morgan fingerprint density at radius 3 is 2.62 bits per heavy atom. The lowest BCUT2D eigenvalue weighted by Gasteiger charge is -2.16. The zero-order chi connectivity index (χ0) is 9.26. The van der Waals surface area contributed by atoms with Gasteiger partial charge in [0, 0.05) is 15.5 Å². The van der Waals surface area contributed by atoms with Gasteiger partial charge in [0.05, 0.1) is 0 Å². The Morgan fingerprint density at radius 1 is 1.23 bits per heavy atom. The first-order valence-corrected chi connectivity index (χ1v) is 5.87. The second-order valence-corrected chi connectivity index (χ2v) is 4.88. The lowest BCUT2D eigenvalue weighted by Crippen LogP contribution is -2.23. The average Bonchev–Trinajstić information content (AvgIpc) is 2.52. The third kappa shape index (κ3) is 1.89. The molecule has 1 aromatic carbocycles. The van der Waals surface area contributed by atoms with Gasteiger partial charge >= 0.3 is 0 Å². The molecular weight excluding hydrogens is 273 g/mol. The molecule has 0 spiro atoms. The number of nitrogens with two attached hydrogens (primary N) is 1. The number of rotatable bonds is 1. The van der Waals surface area contributed by atoms with Gasteiger partial charge < -0.3 is 5.73 Å². The number of benzene rings is 1. The molecule has 0 heterocycles. The third-order valence-corrected chi connectivity index (χ3v) is 3.86. The van der Waals surface area contributed by atoms with E-state index < -0.39 is 0 Å². The van der Waals surface area contributed by atoms with Gasteiger partial charge in [0.25, 0.3) is 0 Å². The maximum atomic E-state index is 6.08. The van der Waals surface area contributed by atoms with Crippen LogP contribution in [-0.2, 0) is 0 Å². The molecule has 1 saturated carbocycles. The summed E-state index contributed by atoms with van der Waals surface area (Å²) in [6, 6.07) is 8.98. The Bertz CT molecular complexity index is 298. The Hall–Kier alpha value is -0.0900. The lowest BCUT2D eigenvalue weighted by molar-refractivity contribution is 0.611. The van der Waals surface area contributed by atoms with E-state index >= 15 is 0 Å². The van der Waals surface area contributed by atoms with Crippen molar-refractivity contribution in [3.05, 3.63) is 33.4 Å². The Morgan fingerprint density at radius 2 is 2.00 bits per heavy atom. The molecule has 0 amide bonds. The van der Waals surface area contributed by atoms with Gasteiger partial charge in [0.2, 0.25) is 0 Å². The van der Waals surface area contributed by atoms with Crippen molar-refractivity contribution >= 4 is 22.6 Å². The van der Waals surface area contributed by atoms with Crippen molar-refractivity contribution in [1.29, 1.82) is 0 Å². The molecule has 0 aliphatic heterocycles. The van der Waals surface area contributed by atoms with E-state index in [1.165, 1.54) is 28.4 Å². The number of hydrogen-bond donors (Lipinski definition) is 1. The molecule has 0 aromatic heterocycles. The Labute approximate surface area is 92.9 Å². The molecule has 70 valence electrons. The normalized spacial score (nSPS) is 27.8. The van der Waals surface area contributed by atoms with Crippen LogP contribution in [0.4, 0.5) is 0 Å². The fraction of sp³-hybridized carbons (Fsp3) is 0.455. The van der Waals surface area contributed by atoms with E-state index in [2.05, 4.69) is 46.9 Å². The summed E-state index contributed by atoms with van der Waals surface area (Å²) >= 11 is 2.40. The zero-order valence-electron chi connectivity index (χ0n) is 7.54. The summed E-state index contributed by atoms with van der Waals surface area (Å²) in [5.41, 5.74) is 7.53. The predicted molar refractivity (Wildman–Crippen MR) is 63.7 cm³/mol. The van der Waals surface area contributed by atoms with Crippen molar-refractivity contribution in [2.24, 2.45) is 5.73 Å². The van der Waals surface area contributed by atoms with Gasteiger partial charge in [-0.3, -0.25) is 0 Å². The average molecular weight is 287 g/mol. The molecule has 0 bridgehead atoms. The molecule has 2 N–H and O–H groups in total. The first kappa shape index (κ1) is 9.46. The Kier molecular flexibility index (Phi) is 2.89. The predicted octanol–water partition coefficient (Wildman–Crippen LogP) is 2.89. The van der Waals surface area contributed by atoms with Crippen LogP contribution in [0.25, 0.3) is 0 Å². The van der Waals surface area contributed by atoms with Crippen molar-refractivity contribution in [3.8, 4) is 0 Å². The van der Waals surface area contributed by atoms with Crippen LogP contribution in [0.3, 0.4) is 0 Å². The molecule has 1 fully saturated rings. The minimum Gasteiger partial charge on any atom is -0.327 e. The quantitative estimate of drug-likeness (QED) is 0.790. The van der Waals surface area contributed by atoms with Gasteiger partial charge in [0.1, 0.15) is 0 Å². The maximum absolute atomic E-state index is 6.08. The minimum absolute atomic E-state index is 0.385. The second-order valence-electron chi connectivity index (χ2n) is 3.72. The summed E-state index contributed by atoms with van der Waals surface area (Å²) in [7, 11) is 0. The smallest absolute Gasteiger partial charge is 0.0165 e. The van der Waals surface area contributed by atoms with Gasteiger partial charge in [-0.25, -0.2) is 0 Å². The molecule has 2 atom stereocenters. The highest BCUT2D eigenvalue weighted by molar-refractivity contribution is 14.1. The molecule has 1 nitrogen and oxygen atoms in total. The van der Waals surface area contributed by atoms with Gasteiger partial charge in [0.15, 0.2) is 0 Å². The molecule has 1 aliphatic rings. The van der Waals surface area contributed by atoms with Crippen LogP contribution in [0, 0.1) is 3.57 Å². The highest BCUT2D eigenvalue weighted by Crippen LogP contribution is 2.35. The Balaban J connectivity index is 2.29. The topological polar surface area (TPSA) is 26.0 Å². The molecule has 1 aromatic rings. The van der Waals surface area contributed by atoms with Crippen molar-refractivity contribution in [3.63, 3.8) is 0 Å². The van der Waals surface area contributed by atoms with Gasteiger partial charge in [-0.2, -0.15) is 0 Å². The summed E-state index contributed by atoms with van der Waals surface area (Å²) in [5, 5.41) is 0. The van der Waals surface area contributed by atoms with Crippen LogP contribution in [0.1, 0.15) is 30.7 Å². The van der Waals surface area contributed by atoms with Crippen LogP contribution in [-0.4, -0.2) is 6.04 Å². The minimum atomic E-state index is 0.385. The molecule has 2 heteroatoms. The van der Waals surface area contributed by atoms with Crippen molar-refractivity contribution in [1.82, 2.24) is 0 Å². The van der Waals surface area contributed by atoms with Crippen molar-refractivity contribution < 1.29 is 0 Å². The molecule has 0 radical (unpaired) electrons. The SMILES string of the molecule is N[C@@H]1CCC[C@@H]1c1ccccc1I. The summed E-state index contributed by atoms with van der Waals surface area (Å²) in [6.45, 7) is 0. The molecule has 0 saturated heterocycles. The molecule has 2 rings (SSSR count). The van der Waals surface area contributed by atoms with Gasteiger partial charge in [-0.1, -0.05) is 24.6 Å². The standard InChI is InChI=1S/C11H14IN/c12-10-6-2-1-4-8(10)9-5-3-7-11(9)13/h1-2,4,6,9,11H,3,5,7,13H2/t9-,11-/m1/s1. The number of halogens is 1. The van der Waals surface area contributed by atoms with Crippen molar-refractivity contribution in [2.75, 3.05) is 0 Å². The first-order chi connectivity index (χ1) is 6.29. The van der Waals surface area contributed by atoms with E-state index in [9.17, 15) is 0 Å². The highest BCUT2D eigenvalue weighted by atomic mass is 127. The van der Waals surface area contributed by atoms with Crippen LogP contribution >= 0.6 is 22.6 Å². The molecule has 13 heavy (non-hydrogen) atoms. The maximum Gasteiger partial charge on any atom is 0.0165 e. The summed E-state index contributed by atoms with van der Waals surface area (Å²) in [6.07, 6.45) is 3.74. The lowest BCUT2D eigenvalue weighted by atomic mass is 9.95. The molecular formula is C11H14IN. The second kappa shape index (κ2) is 3.96. The van der Waals surface area contributed by atoms with E-state index in [4.69, 9.17) is 5.73 Å². The van der Waals surface area contributed by atoms with Crippen LogP contribution < -0.4 is 5.73 Å². The van der Waals surface area contributed by atoms with E-state index in [-0.39, 0.29) is 0 Å². The van der Waals surface area contributed by atoms with Gasteiger partial charge in [-0.15, -0.1) is 0 Å². The number of hydrogen-bond acceptors (Lipinski definition) is 1. The highest BCUT2D eigenvalue weighted by Gasteiger charge is 2.26. The fourth-order valence-electron chi connectivity index (χ4n) is 2.15. The first-order valence-electron chi connectivity index (χ1n) is 4.79. The third-order valence-electron chi connectivity index (χ3n) is 2.87. The zero-order valence-corrected chi connectivity index (χ0v) is 9.70. The van der Waals surface area contributed by atoms with E-state index in [0.717, 1.165) is 0 Å². The van der Waals surface area contributed by atoms with Crippen LogP contribution in [0.2, 0.25) is 0 Å². The summed E-state index contributed by atoms with van der Waals surface area (Å²) < 4.78 is 1.36. The summed E-state index contributed by atoms with van der Waals surface area (Å²) in [5.74, 6) is 0.605. The van der Waals surface area contributed by atoms with Crippen molar-refractivity contribution in [2.45, 2.75) is 31.2 Å². The van der Waals surface area contributed by atoms with Crippen LogP contribution in [0.5, 0.6) is 0 Å². The fourth-order valence-corrected chi connectivity index (χ4v) is 2.94. The monoisotopic (exact) mass is 287 g/mol. The van der Waals surface area contributed by atoms with Gasteiger partial charge in [-0.05, 0) is 47.1 Å². The largest absolute Gasteiger partial charge is 0.327 e. The van der Waals surface area contributed by atoms with E-state index in [1.807, 2.05) is 0 Å². The van der Waals surface area contributed by atoms with E-state index in [0.29, 0.717) is 12.0 Å².